The van der Waals surface area contributed by atoms with Crippen LogP contribution in [0.5, 0.6) is 0 Å². The molecule has 3 heteroatoms. The Hall–Kier alpha value is 0.660. The van der Waals surface area contributed by atoms with Gasteiger partial charge in [-0.2, -0.15) is 25.3 Å². The zero-order valence-electron chi connectivity index (χ0n) is 7.87. The quantitative estimate of drug-likeness (QED) is 0.548. The summed E-state index contributed by atoms with van der Waals surface area (Å²) < 4.78 is 0. The lowest BCUT2D eigenvalue weighted by Crippen LogP contribution is -2.25. The first-order valence-electron chi connectivity index (χ1n) is 4.71. The molecule has 0 aromatic heterocycles. The molecule has 0 amide bonds. The summed E-state index contributed by atoms with van der Waals surface area (Å²) in [4.78, 5) is 0. The molecule has 0 saturated heterocycles. The third-order valence-electron chi connectivity index (χ3n) is 2.36. The van der Waals surface area contributed by atoms with Crippen molar-refractivity contribution in [2.75, 3.05) is 18.1 Å². The Labute approximate surface area is 87.3 Å². The van der Waals surface area contributed by atoms with Crippen LogP contribution < -0.4 is 5.73 Å². The summed E-state index contributed by atoms with van der Waals surface area (Å²) in [5.74, 6) is 3.21. The van der Waals surface area contributed by atoms with E-state index < -0.39 is 0 Å². The molecule has 0 saturated carbocycles. The van der Waals surface area contributed by atoms with Gasteiger partial charge in [-0.05, 0) is 42.7 Å². The summed E-state index contributed by atoms with van der Waals surface area (Å²) in [5, 5.41) is 0. The van der Waals surface area contributed by atoms with Crippen molar-refractivity contribution in [3.63, 3.8) is 0 Å². The minimum absolute atomic E-state index is 0.652. The van der Waals surface area contributed by atoms with E-state index >= 15 is 0 Å². The van der Waals surface area contributed by atoms with Crippen molar-refractivity contribution in [3.05, 3.63) is 0 Å². The van der Waals surface area contributed by atoms with Gasteiger partial charge in [0.15, 0.2) is 0 Å². The Bertz CT molecular complexity index is 86.5. The maximum atomic E-state index is 5.71. The molecule has 74 valence electrons. The lowest BCUT2D eigenvalue weighted by atomic mass is 9.88. The summed E-state index contributed by atoms with van der Waals surface area (Å²) in [6.07, 6.45) is 3.60. The Morgan fingerprint density at radius 1 is 1.17 bits per heavy atom. The first-order chi connectivity index (χ1) is 5.79. The average Bonchev–Trinajstić information content (AvgIpc) is 2.11. The van der Waals surface area contributed by atoms with E-state index in [2.05, 4.69) is 32.2 Å². The SMILES string of the molecule is CCCC(CN)C(CS)CCS. The molecule has 0 aliphatic carbocycles. The minimum atomic E-state index is 0.652. The van der Waals surface area contributed by atoms with Gasteiger partial charge in [-0.25, -0.2) is 0 Å². The fraction of sp³-hybridized carbons (Fsp3) is 1.00. The summed E-state index contributed by atoms with van der Waals surface area (Å²) in [7, 11) is 0. The Morgan fingerprint density at radius 2 is 1.83 bits per heavy atom. The smallest absolute Gasteiger partial charge is 0.00459 e. The number of rotatable bonds is 7. The van der Waals surface area contributed by atoms with Crippen LogP contribution in [0.3, 0.4) is 0 Å². The molecule has 0 heterocycles. The van der Waals surface area contributed by atoms with Crippen molar-refractivity contribution >= 4 is 25.3 Å². The maximum Gasteiger partial charge on any atom is -0.00459 e. The first-order valence-corrected chi connectivity index (χ1v) is 5.98. The van der Waals surface area contributed by atoms with E-state index in [4.69, 9.17) is 5.73 Å². The molecule has 12 heavy (non-hydrogen) atoms. The van der Waals surface area contributed by atoms with Crippen molar-refractivity contribution in [2.45, 2.75) is 26.2 Å². The Morgan fingerprint density at radius 3 is 2.17 bits per heavy atom. The zero-order chi connectivity index (χ0) is 9.40. The van der Waals surface area contributed by atoms with Crippen LogP contribution in [0.2, 0.25) is 0 Å². The van der Waals surface area contributed by atoms with Crippen molar-refractivity contribution in [3.8, 4) is 0 Å². The highest BCUT2D eigenvalue weighted by Gasteiger charge is 2.16. The highest BCUT2D eigenvalue weighted by Crippen LogP contribution is 2.21. The van der Waals surface area contributed by atoms with Crippen LogP contribution in [0.25, 0.3) is 0 Å². The normalized spacial score (nSPS) is 16.0. The molecule has 0 aliphatic heterocycles. The van der Waals surface area contributed by atoms with Crippen LogP contribution >= 0.6 is 25.3 Å². The van der Waals surface area contributed by atoms with Crippen molar-refractivity contribution in [2.24, 2.45) is 17.6 Å². The van der Waals surface area contributed by atoms with Crippen molar-refractivity contribution < 1.29 is 0 Å². The molecule has 0 aromatic rings. The van der Waals surface area contributed by atoms with Gasteiger partial charge in [-0.3, -0.25) is 0 Å². The molecule has 0 fully saturated rings. The molecule has 0 spiro atoms. The zero-order valence-corrected chi connectivity index (χ0v) is 9.66. The fourth-order valence-corrected chi connectivity index (χ4v) is 2.37. The van der Waals surface area contributed by atoms with Crippen LogP contribution in [-0.2, 0) is 0 Å². The third-order valence-corrected chi connectivity index (χ3v) is 3.09. The maximum absolute atomic E-state index is 5.71. The lowest BCUT2D eigenvalue weighted by molar-refractivity contribution is 0.341. The van der Waals surface area contributed by atoms with Gasteiger partial charge in [0.1, 0.15) is 0 Å². The third kappa shape index (κ3) is 4.63. The van der Waals surface area contributed by atoms with Gasteiger partial charge in [0.25, 0.3) is 0 Å². The predicted octanol–water partition coefficient (Wildman–Crippen LogP) is 2.23. The molecule has 2 atom stereocenters. The van der Waals surface area contributed by atoms with E-state index in [0.717, 1.165) is 24.5 Å². The Balaban J connectivity index is 3.84. The number of hydrogen-bond acceptors (Lipinski definition) is 3. The van der Waals surface area contributed by atoms with E-state index in [1.807, 2.05) is 0 Å². The van der Waals surface area contributed by atoms with Crippen molar-refractivity contribution in [1.29, 1.82) is 0 Å². The van der Waals surface area contributed by atoms with Gasteiger partial charge in [0.05, 0.1) is 0 Å². The van der Waals surface area contributed by atoms with E-state index in [1.54, 1.807) is 0 Å². The van der Waals surface area contributed by atoms with Crippen LogP contribution in [0.15, 0.2) is 0 Å². The molecule has 0 aromatic carbocycles. The molecule has 0 radical (unpaired) electrons. The summed E-state index contributed by atoms with van der Waals surface area (Å²) in [6, 6.07) is 0. The van der Waals surface area contributed by atoms with Crippen LogP contribution in [0.4, 0.5) is 0 Å². The fourth-order valence-electron chi connectivity index (χ4n) is 1.56. The molecular weight excluding hydrogens is 186 g/mol. The van der Waals surface area contributed by atoms with Crippen LogP contribution in [-0.4, -0.2) is 18.1 Å². The van der Waals surface area contributed by atoms with Gasteiger partial charge in [-0.15, -0.1) is 0 Å². The van der Waals surface area contributed by atoms with Crippen molar-refractivity contribution in [1.82, 2.24) is 0 Å². The molecule has 0 rings (SSSR count). The minimum Gasteiger partial charge on any atom is -0.330 e. The summed E-state index contributed by atoms with van der Waals surface area (Å²) in [6.45, 7) is 3.01. The second-order valence-electron chi connectivity index (χ2n) is 3.24. The molecule has 2 N–H and O–H groups in total. The number of hydrogen-bond donors (Lipinski definition) is 3. The lowest BCUT2D eigenvalue weighted by Gasteiger charge is -2.23. The first kappa shape index (κ1) is 12.7. The van der Waals surface area contributed by atoms with Gasteiger partial charge >= 0.3 is 0 Å². The summed E-state index contributed by atoms with van der Waals surface area (Å²) in [5.41, 5.74) is 5.71. The van der Waals surface area contributed by atoms with Gasteiger partial charge in [0, 0.05) is 0 Å². The number of thiol groups is 2. The Kier molecular flexibility index (Phi) is 8.72. The van der Waals surface area contributed by atoms with Crippen LogP contribution in [0.1, 0.15) is 26.2 Å². The average molecular weight is 207 g/mol. The predicted molar refractivity (Wildman–Crippen MR) is 63.3 cm³/mol. The van der Waals surface area contributed by atoms with Gasteiger partial charge < -0.3 is 5.73 Å². The molecule has 0 bridgehead atoms. The highest BCUT2D eigenvalue weighted by molar-refractivity contribution is 7.80. The van der Waals surface area contributed by atoms with E-state index in [1.165, 1.54) is 12.8 Å². The topological polar surface area (TPSA) is 26.0 Å². The molecule has 0 aliphatic rings. The van der Waals surface area contributed by atoms with E-state index in [0.29, 0.717) is 11.8 Å². The standard InChI is InChI=1S/C9H21NS2/c1-2-3-8(6-10)9(7-12)4-5-11/h8-9,11-12H,2-7,10H2,1H3. The second kappa shape index (κ2) is 8.27. The molecular formula is C9H21NS2. The number of nitrogens with two attached hydrogens (primary N) is 1. The molecule has 1 nitrogen and oxygen atoms in total. The van der Waals surface area contributed by atoms with Gasteiger partial charge in [-0.1, -0.05) is 13.3 Å². The van der Waals surface area contributed by atoms with Crippen LogP contribution in [0, 0.1) is 11.8 Å². The largest absolute Gasteiger partial charge is 0.330 e. The second-order valence-corrected chi connectivity index (χ2v) is 4.05. The van der Waals surface area contributed by atoms with E-state index in [-0.39, 0.29) is 0 Å². The summed E-state index contributed by atoms with van der Waals surface area (Å²) >= 11 is 8.59. The monoisotopic (exact) mass is 207 g/mol. The van der Waals surface area contributed by atoms with E-state index in [9.17, 15) is 0 Å². The highest BCUT2D eigenvalue weighted by atomic mass is 32.1. The van der Waals surface area contributed by atoms with Gasteiger partial charge in [0.2, 0.25) is 0 Å². The molecule has 2 unspecified atom stereocenters.